The van der Waals surface area contributed by atoms with Gasteiger partial charge in [0, 0.05) is 50.8 Å². The minimum atomic E-state index is -0.411. The molecular formula is C23H29N5O6. The van der Waals surface area contributed by atoms with Crippen molar-refractivity contribution in [3.05, 3.63) is 34.5 Å². The summed E-state index contributed by atoms with van der Waals surface area (Å²) >= 11 is 0. The van der Waals surface area contributed by atoms with Crippen LogP contribution in [0, 0.1) is 5.92 Å². The Kier molecular flexibility index (Phi) is 6.47. The number of phenolic OH excluding ortho intramolecular Hbond substituents is 1. The molecule has 34 heavy (non-hydrogen) atoms. The van der Waals surface area contributed by atoms with E-state index in [-0.39, 0.29) is 29.2 Å². The van der Waals surface area contributed by atoms with E-state index in [4.69, 9.17) is 9.47 Å². The number of aldehydes is 1. The summed E-state index contributed by atoms with van der Waals surface area (Å²) in [5.74, 6) is 0.257. The number of benzene rings is 1. The number of aromatic nitrogens is 2. The third-order valence-corrected chi connectivity index (χ3v) is 6.66. The van der Waals surface area contributed by atoms with Crippen LogP contribution >= 0.6 is 0 Å². The first-order valence-electron chi connectivity index (χ1n) is 11.1. The second kappa shape index (κ2) is 9.34. The van der Waals surface area contributed by atoms with E-state index in [2.05, 4.69) is 15.5 Å². The number of H-pyrrole nitrogens is 1. The van der Waals surface area contributed by atoms with Crippen molar-refractivity contribution in [1.29, 1.82) is 0 Å². The van der Waals surface area contributed by atoms with Gasteiger partial charge in [-0.2, -0.15) is 5.10 Å². The maximum absolute atomic E-state index is 12.9. The zero-order valence-corrected chi connectivity index (χ0v) is 19.6. The Bertz CT molecular complexity index is 1110. The van der Waals surface area contributed by atoms with Gasteiger partial charge in [-0.25, -0.2) is 14.8 Å². The monoisotopic (exact) mass is 471 g/mol. The van der Waals surface area contributed by atoms with Gasteiger partial charge in [-0.15, -0.1) is 0 Å². The van der Waals surface area contributed by atoms with Crippen LogP contribution in [-0.4, -0.2) is 78.0 Å². The first-order valence-corrected chi connectivity index (χ1v) is 11.1. The number of hydrazine groups is 1. The van der Waals surface area contributed by atoms with Gasteiger partial charge in [0.25, 0.3) is 0 Å². The van der Waals surface area contributed by atoms with Crippen molar-refractivity contribution in [2.75, 3.05) is 33.6 Å². The molecule has 11 nitrogen and oxygen atoms in total. The SMILES string of the molecule is COc1cc(O)c(C=O)c2c1CC(C(=O)Nc1cc(C3CC(OC(=O)N(C)N(C)C)C3)[nH]n1)C2. The number of fused-ring (bicyclic) bond motifs is 1. The lowest BCUT2D eigenvalue weighted by atomic mass is 9.80. The predicted molar refractivity (Wildman–Crippen MR) is 122 cm³/mol. The summed E-state index contributed by atoms with van der Waals surface area (Å²) in [6.07, 6.45) is 2.14. The fraction of sp³-hybridized carbons (Fsp3) is 0.478. The lowest BCUT2D eigenvalue weighted by Gasteiger charge is -2.35. The van der Waals surface area contributed by atoms with Gasteiger partial charge in [0.05, 0.1) is 12.7 Å². The summed E-state index contributed by atoms with van der Waals surface area (Å²) in [4.78, 5) is 36.4. The normalized spacial score (nSPS) is 20.9. The molecule has 4 rings (SSSR count). The smallest absolute Gasteiger partial charge is 0.424 e. The zero-order chi connectivity index (χ0) is 24.6. The van der Waals surface area contributed by atoms with Gasteiger partial charge in [0.2, 0.25) is 5.91 Å². The third kappa shape index (κ3) is 4.43. The summed E-state index contributed by atoms with van der Waals surface area (Å²) in [6, 6.07) is 3.20. The zero-order valence-electron chi connectivity index (χ0n) is 19.6. The number of nitrogens with zero attached hydrogens (tertiary/aromatic N) is 3. The summed E-state index contributed by atoms with van der Waals surface area (Å²) in [6.45, 7) is 0. The summed E-state index contributed by atoms with van der Waals surface area (Å²) in [7, 11) is 6.65. The molecule has 0 aliphatic heterocycles. The Labute approximate surface area is 197 Å². The van der Waals surface area contributed by atoms with Crippen molar-refractivity contribution in [3.8, 4) is 11.5 Å². The molecule has 2 amide bonds. The fourth-order valence-electron chi connectivity index (χ4n) is 4.41. The van der Waals surface area contributed by atoms with E-state index < -0.39 is 12.0 Å². The van der Waals surface area contributed by atoms with Crippen molar-refractivity contribution < 1.29 is 29.0 Å². The number of rotatable bonds is 7. The quantitative estimate of drug-likeness (QED) is 0.412. The molecular weight excluding hydrogens is 442 g/mol. The number of aromatic amines is 1. The number of hydrogen-bond donors (Lipinski definition) is 3. The highest BCUT2D eigenvalue weighted by atomic mass is 16.6. The number of carbonyl (C=O) groups excluding carboxylic acids is 3. The molecule has 1 fully saturated rings. The van der Waals surface area contributed by atoms with E-state index in [0.717, 1.165) is 11.3 Å². The molecule has 0 saturated heterocycles. The molecule has 11 heteroatoms. The van der Waals surface area contributed by atoms with Gasteiger partial charge in [0.15, 0.2) is 12.1 Å². The molecule has 2 aliphatic carbocycles. The minimum absolute atomic E-state index is 0.151. The topological polar surface area (TPSA) is 137 Å². The predicted octanol–water partition coefficient (Wildman–Crippen LogP) is 2.08. The molecule has 0 bridgehead atoms. The van der Waals surface area contributed by atoms with Gasteiger partial charge in [-0.3, -0.25) is 14.7 Å². The van der Waals surface area contributed by atoms with Crippen LogP contribution in [0.4, 0.5) is 10.6 Å². The van der Waals surface area contributed by atoms with Gasteiger partial charge < -0.3 is 19.9 Å². The van der Waals surface area contributed by atoms with Crippen molar-refractivity contribution >= 4 is 24.1 Å². The number of methoxy groups -OCH3 is 1. The van der Waals surface area contributed by atoms with Gasteiger partial charge in [0.1, 0.15) is 17.6 Å². The van der Waals surface area contributed by atoms with Crippen LogP contribution in [0.15, 0.2) is 12.1 Å². The number of nitrogens with one attached hydrogen (secondary N) is 2. The Morgan fingerprint density at radius 2 is 1.91 bits per heavy atom. The minimum Gasteiger partial charge on any atom is -0.507 e. The van der Waals surface area contributed by atoms with Crippen molar-refractivity contribution in [2.24, 2.45) is 5.92 Å². The van der Waals surface area contributed by atoms with E-state index in [0.29, 0.717) is 49.1 Å². The number of phenols is 1. The Hall–Kier alpha value is -3.60. The second-order valence-electron chi connectivity index (χ2n) is 8.93. The lowest BCUT2D eigenvalue weighted by molar-refractivity contribution is -0.119. The summed E-state index contributed by atoms with van der Waals surface area (Å²) < 4.78 is 10.8. The summed E-state index contributed by atoms with van der Waals surface area (Å²) in [5.41, 5.74) is 2.48. The third-order valence-electron chi connectivity index (χ3n) is 6.66. The van der Waals surface area contributed by atoms with Crippen LogP contribution in [0.5, 0.6) is 11.5 Å². The number of anilines is 1. The molecule has 0 radical (unpaired) electrons. The number of hydrogen-bond acceptors (Lipinski definition) is 8. The molecule has 1 aromatic carbocycles. The molecule has 1 unspecified atom stereocenters. The fourth-order valence-corrected chi connectivity index (χ4v) is 4.41. The van der Waals surface area contributed by atoms with Crippen molar-refractivity contribution in [2.45, 2.75) is 37.7 Å². The Morgan fingerprint density at radius 1 is 1.21 bits per heavy atom. The van der Waals surface area contributed by atoms with E-state index in [9.17, 15) is 19.5 Å². The molecule has 1 heterocycles. The number of aromatic hydroxyl groups is 1. The first kappa shape index (κ1) is 23.6. The molecule has 1 atom stereocenters. The van der Waals surface area contributed by atoms with Crippen LogP contribution in [-0.2, 0) is 22.4 Å². The number of ether oxygens (including phenoxy) is 2. The van der Waals surface area contributed by atoms with E-state index >= 15 is 0 Å². The van der Waals surface area contributed by atoms with Gasteiger partial charge in [-0.1, -0.05) is 0 Å². The van der Waals surface area contributed by atoms with Gasteiger partial charge >= 0.3 is 6.09 Å². The molecule has 2 aliphatic rings. The molecule has 182 valence electrons. The Balaban J connectivity index is 1.33. The van der Waals surface area contributed by atoms with E-state index in [1.54, 1.807) is 32.2 Å². The highest BCUT2D eigenvalue weighted by molar-refractivity contribution is 5.94. The average molecular weight is 472 g/mol. The lowest BCUT2D eigenvalue weighted by Crippen LogP contribution is -2.42. The largest absolute Gasteiger partial charge is 0.507 e. The first-order chi connectivity index (χ1) is 16.2. The number of amides is 2. The second-order valence-corrected chi connectivity index (χ2v) is 8.93. The van der Waals surface area contributed by atoms with Crippen LogP contribution in [0.3, 0.4) is 0 Å². The van der Waals surface area contributed by atoms with Crippen LogP contribution < -0.4 is 10.1 Å². The number of carbonyl (C=O) groups is 3. The van der Waals surface area contributed by atoms with Gasteiger partial charge in [-0.05, 0) is 36.8 Å². The van der Waals surface area contributed by atoms with E-state index in [1.165, 1.54) is 18.2 Å². The standard InChI is InChI=1S/C23H29N5O6/c1-27(2)28(3)23(32)34-14-5-12(6-14)18-9-21(26-25-18)24-22(31)13-7-15-16(8-13)20(33-4)10-19(30)17(15)11-29/h9-14,30H,5-8H2,1-4H3,(H2,24,25,26,31). The summed E-state index contributed by atoms with van der Waals surface area (Å²) in [5, 5.41) is 23.1. The maximum Gasteiger partial charge on any atom is 0.424 e. The van der Waals surface area contributed by atoms with Crippen LogP contribution in [0.25, 0.3) is 0 Å². The molecule has 3 N–H and O–H groups in total. The molecule has 2 aromatic rings. The van der Waals surface area contributed by atoms with E-state index in [1.807, 2.05) is 0 Å². The molecule has 1 aromatic heterocycles. The highest BCUT2D eigenvalue weighted by Gasteiger charge is 2.36. The average Bonchev–Trinajstić information content (AvgIpc) is 3.42. The van der Waals surface area contributed by atoms with Crippen molar-refractivity contribution in [3.63, 3.8) is 0 Å². The maximum atomic E-state index is 12.9. The molecule has 0 spiro atoms. The van der Waals surface area contributed by atoms with Crippen molar-refractivity contribution in [1.82, 2.24) is 20.2 Å². The Morgan fingerprint density at radius 3 is 2.56 bits per heavy atom. The van der Waals surface area contributed by atoms with Crippen LogP contribution in [0.2, 0.25) is 0 Å². The molecule has 1 saturated carbocycles. The highest BCUT2D eigenvalue weighted by Crippen LogP contribution is 2.41. The van der Waals surface area contributed by atoms with Crippen LogP contribution in [0.1, 0.15) is 45.9 Å².